The van der Waals surface area contributed by atoms with Crippen molar-refractivity contribution in [3.05, 3.63) is 18.1 Å². The number of nitrogens with zero attached hydrogens (tertiary/aromatic N) is 3. The molecule has 0 saturated carbocycles. The predicted octanol–water partition coefficient (Wildman–Crippen LogP) is 0.625. The molecule has 2 heterocycles. The maximum Gasteiger partial charge on any atom is 0.230 e. The number of rotatable bonds is 2. The van der Waals surface area contributed by atoms with Crippen LogP contribution in [0.2, 0.25) is 0 Å². The Bertz CT molecular complexity index is 628. The molecule has 1 aromatic rings. The first-order chi connectivity index (χ1) is 9.92. The average molecular weight is 292 g/mol. The second kappa shape index (κ2) is 5.75. The van der Waals surface area contributed by atoms with Crippen LogP contribution in [0.4, 0.5) is 10.2 Å². The molecule has 0 spiro atoms. The number of halogens is 1. The second-order valence-electron chi connectivity index (χ2n) is 4.76. The van der Waals surface area contributed by atoms with Gasteiger partial charge < -0.3 is 15.3 Å². The van der Waals surface area contributed by atoms with Gasteiger partial charge in [-0.05, 0) is 6.42 Å². The van der Waals surface area contributed by atoms with E-state index < -0.39 is 29.4 Å². The van der Waals surface area contributed by atoms with Gasteiger partial charge in [0.2, 0.25) is 11.8 Å². The predicted molar refractivity (Wildman–Crippen MR) is 69.4 cm³/mol. The van der Waals surface area contributed by atoms with E-state index in [0.29, 0.717) is 0 Å². The zero-order valence-corrected chi connectivity index (χ0v) is 11.2. The van der Waals surface area contributed by atoms with Crippen molar-refractivity contribution in [1.29, 1.82) is 5.26 Å². The van der Waals surface area contributed by atoms with Crippen LogP contribution >= 0.6 is 0 Å². The number of carbonyl (C=O) groups is 2. The highest BCUT2D eigenvalue weighted by molar-refractivity contribution is 5.93. The minimum atomic E-state index is -0.723. The van der Waals surface area contributed by atoms with Crippen molar-refractivity contribution in [3.63, 3.8) is 0 Å². The van der Waals surface area contributed by atoms with Crippen LogP contribution in [0.3, 0.4) is 0 Å². The number of hydrogen-bond donors (Lipinski definition) is 2. The quantitative estimate of drug-likeness (QED) is 0.831. The molecule has 7 nitrogen and oxygen atoms in total. The maximum absolute atomic E-state index is 12.8. The minimum Gasteiger partial charge on any atom is -0.504 e. The minimum absolute atomic E-state index is 0.126. The summed E-state index contributed by atoms with van der Waals surface area (Å²) < 4.78 is 12.8. The van der Waals surface area contributed by atoms with Crippen molar-refractivity contribution in [2.45, 2.75) is 19.4 Å². The monoisotopic (exact) mass is 292 g/mol. The van der Waals surface area contributed by atoms with Gasteiger partial charge in [0.05, 0.1) is 18.2 Å². The molecule has 2 atom stereocenters. The Kier molecular flexibility index (Phi) is 4.03. The van der Waals surface area contributed by atoms with Crippen molar-refractivity contribution in [1.82, 2.24) is 9.88 Å². The fraction of sp³-hybridized carbons (Fsp3) is 0.385. The Balaban J connectivity index is 2.08. The molecule has 110 valence electrons. The van der Waals surface area contributed by atoms with Gasteiger partial charge >= 0.3 is 0 Å². The Labute approximate surface area is 120 Å². The van der Waals surface area contributed by atoms with Gasteiger partial charge in [-0.15, -0.1) is 0 Å². The lowest BCUT2D eigenvalue weighted by Crippen LogP contribution is -2.33. The first kappa shape index (κ1) is 14.7. The molecule has 0 radical (unpaired) electrons. The van der Waals surface area contributed by atoms with E-state index >= 15 is 0 Å². The molecule has 1 aliphatic rings. The van der Waals surface area contributed by atoms with E-state index in [-0.39, 0.29) is 24.7 Å². The van der Waals surface area contributed by atoms with Crippen molar-refractivity contribution in [2.75, 3.05) is 11.9 Å². The molecular weight excluding hydrogens is 279 g/mol. The van der Waals surface area contributed by atoms with E-state index in [2.05, 4.69) is 10.3 Å². The molecule has 0 bridgehead atoms. The molecule has 21 heavy (non-hydrogen) atoms. The molecule has 2 N–H and O–H groups in total. The van der Waals surface area contributed by atoms with E-state index in [0.717, 1.165) is 12.3 Å². The van der Waals surface area contributed by atoms with E-state index in [9.17, 15) is 19.1 Å². The van der Waals surface area contributed by atoms with Gasteiger partial charge in [-0.25, -0.2) is 9.37 Å². The molecule has 0 aromatic carbocycles. The number of hydrogen-bond acceptors (Lipinski definition) is 5. The summed E-state index contributed by atoms with van der Waals surface area (Å²) in [6.45, 7) is 1.46. The average Bonchev–Trinajstić information content (AvgIpc) is 2.86. The molecule has 2 rings (SSSR count). The lowest BCUT2D eigenvalue weighted by molar-refractivity contribution is -0.129. The number of anilines is 1. The maximum atomic E-state index is 12.8. The van der Waals surface area contributed by atoms with Crippen LogP contribution in [0, 0.1) is 23.1 Å². The summed E-state index contributed by atoms with van der Waals surface area (Å²) in [5, 5.41) is 20.8. The van der Waals surface area contributed by atoms with Gasteiger partial charge in [-0.1, -0.05) is 0 Å². The van der Waals surface area contributed by atoms with Crippen LogP contribution in [0.15, 0.2) is 12.3 Å². The second-order valence-corrected chi connectivity index (χ2v) is 4.76. The van der Waals surface area contributed by atoms with E-state index in [1.54, 1.807) is 0 Å². The first-order valence-corrected chi connectivity index (χ1v) is 6.24. The highest BCUT2D eigenvalue weighted by Gasteiger charge is 2.37. The highest BCUT2D eigenvalue weighted by atomic mass is 19.1. The highest BCUT2D eigenvalue weighted by Crippen LogP contribution is 2.26. The molecule has 8 heteroatoms. The number of pyridine rings is 1. The summed E-state index contributed by atoms with van der Waals surface area (Å²) in [6.07, 6.45) is 1.08. The number of aromatic nitrogens is 1. The Morgan fingerprint density at radius 1 is 1.62 bits per heavy atom. The fourth-order valence-corrected chi connectivity index (χ4v) is 2.24. The lowest BCUT2D eigenvalue weighted by atomic mass is 10.1. The number of aromatic hydroxyl groups is 1. The summed E-state index contributed by atoms with van der Waals surface area (Å²) in [5.74, 6) is -2.70. The van der Waals surface area contributed by atoms with Gasteiger partial charge in [0.1, 0.15) is 11.9 Å². The zero-order valence-electron chi connectivity index (χ0n) is 11.2. The van der Waals surface area contributed by atoms with Gasteiger partial charge in [0.25, 0.3) is 0 Å². The van der Waals surface area contributed by atoms with E-state index in [4.69, 9.17) is 5.26 Å². The normalized spacial score (nSPS) is 20.9. The zero-order chi connectivity index (χ0) is 15.6. The van der Waals surface area contributed by atoms with E-state index in [1.807, 2.05) is 6.07 Å². The van der Waals surface area contributed by atoms with Crippen LogP contribution in [-0.2, 0) is 9.59 Å². The van der Waals surface area contributed by atoms with Gasteiger partial charge in [-0.2, -0.15) is 5.26 Å². The van der Waals surface area contributed by atoms with E-state index in [1.165, 1.54) is 11.8 Å². The number of amides is 2. The third-order valence-electron chi connectivity index (χ3n) is 3.30. The van der Waals surface area contributed by atoms with Crippen molar-refractivity contribution in [2.24, 2.45) is 5.92 Å². The van der Waals surface area contributed by atoms with Gasteiger partial charge in [0.15, 0.2) is 11.6 Å². The van der Waals surface area contributed by atoms with Crippen molar-refractivity contribution < 1.29 is 19.1 Å². The lowest BCUT2D eigenvalue weighted by Gasteiger charge is -2.16. The van der Waals surface area contributed by atoms with Crippen molar-refractivity contribution in [3.8, 4) is 11.8 Å². The van der Waals surface area contributed by atoms with Crippen LogP contribution in [0.1, 0.15) is 13.3 Å². The number of nitrogens with one attached hydrogen (secondary N) is 1. The number of carbonyl (C=O) groups excluding carboxylic acids is 2. The smallest absolute Gasteiger partial charge is 0.230 e. The molecule has 0 aliphatic carbocycles. The third-order valence-corrected chi connectivity index (χ3v) is 3.30. The SMILES string of the molecule is CC(=O)N1CC(C(=O)Nc2ncc(F)cc2O)CC1C#N. The molecule has 2 amide bonds. The largest absolute Gasteiger partial charge is 0.504 e. The summed E-state index contributed by atoms with van der Waals surface area (Å²) in [5.41, 5.74) is 0. The molecular formula is C13H13FN4O3. The van der Waals surface area contributed by atoms with Crippen LogP contribution in [0.5, 0.6) is 5.75 Å². The molecule has 1 fully saturated rings. The molecule has 1 aliphatic heterocycles. The Morgan fingerprint density at radius 2 is 2.33 bits per heavy atom. The fourth-order valence-electron chi connectivity index (χ4n) is 2.24. The summed E-state index contributed by atoms with van der Waals surface area (Å²) >= 11 is 0. The summed E-state index contributed by atoms with van der Waals surface area (Å²) in [4.78, 5) is 28.4. The first-order valence-electron chi connectivity index (χ1n) is 6.24. The molecule has 2 unspecified atom stereocenters. The number of likely N-dealkylation sites (tertiary alicyclic amines) is 1. The van der Waals surface area contributed by atoms with Gasteiger partial charge in [0, 0.05) is 19.5 Å². The Morgan fingerprint density at radius 3 is 2.86 bits per heavy atom. The van der Waals surface area contributed by atoms with Crippen molar-refractivity contribution >= 4 is 17.6 Å². The van der Waals surface area contributed by atoms with Crippen LogP contribution in [-0.4, -0.2) is 39.4 Å². The topological polar surface area (TPSA) is 106 Å². The Hall–Kier alpha value is -2.69. The number of nitriles is 1. The van der Waals surface area contributed by atoms with Gasteiger partial charge in [-0.3, -0.25) is 9.59 Å². The van der Waals surface area contributed by atoms with Crippen LogP contribution < -0.4 is 5.32 Å². The summed E-state index contributed by atoms with van der Waals surface area (Å²) in [7, 11) is 0. The van der Waals surface area contributed by atoms with Crippen LogP contribution in [0.25, 0.3) is 0 Å². The third kappa shape index (κ3) is 3.08. The standard InChI is InChI=1S/C13H13FN4O3/c1-7(19)18-6-8(2-10(18)4-15)13(21)17-12-11(20)3-9(14)5-16-12/h3,5,8,10,20H,2,6H2,1H3,(H,16,17,21). The molecule has 1 saturated heterocycles. The summed E-state index contributed by atoms with van der Waals surface area (Å²) in [6, 6.07) is 2.16. The molecule has 1 aromatic heterocycles.